The van der Waals surface area contributed by atoms with Crippen LogP contribution < -0.4 is 5.73 Å². The Balaban J connectivity index is 2.13. The van der Waals surface area contributed by atoms with E-state index < -0.39 is 0 Å². The van der Waals surface area contributed by atoms with Gasteiger partial charge in [-0.2, -0.15) is 0 Å². The van der Waals surface area contributed by atoms with Crippen molar-refractivity contribution in [3.63, 3.8) is 0 Å². The lowest BCUT2D eigenvalue weighted by atomic mass is 9.95. The first-order chi connectivity index (χ1) is 8.04. The molecule has 3 nitrogen and oxygen atoms in total. The van der Waals surface area contributed by atoms with Crippen LogP contribution in [0.5, 0.6) is 0 Å². The van der Waals surface area contributed by atoms with E-state index in [1.807, 2.05) is 0 Å². The van der Waals surface area contributed by atoms with Gasteiger partial charge >= 0.3 is 0 Å². The van der Waals surface area contributed by atoms with Crippen LogP contribution in [0.2, 0.25) is 0 Å². The van der Waals surface area contributed by atoms with Crippen molar-refractivity contribution in [1.29, 1.82) is 0 Å². The van der Waals surface area contributed by atoms with Crippen LogP contribution in [0.15, 0.2) is 0 Å². The molecule has 1 saturated carbocycles. The summed E-state index contributed by atoms with van der Waals surface area (Å²) in [5, 5.41) is 0. The molecule has 0 radical (unpaired) electrons. The highest BCUT2D eigenvalue weighted by molar-refractivity contribution is 4.95. The molecule has 1 atom stereocenters. The van der Waals surface area contributed by atoms with Gasteiger partial charge in [0.1, 0.15) is 0 Å². The Bertz CT molecular complexity index is 246. The highest BCUT2D eigenvalue weighted by Crippen LogP contribution is 2.33. The number of rotatable bonds is 2. The van der Waals surface area contributed by atoms with Crippen molar-refractivity contribution in [2.75, 3.05) is 26.7 Å². The molecule has 0 bridgehead atoms. The van der Waals surface area contributed by atoms with Crippen molar-refractivity contribution in [1.82, 2.24) is 9.80 Å². The van der Waals surface area contributed by atoms with Gasteiger partial charge < -0.3 is 10.6 Å². The van der Waals surface area contributed by atoms with Crippen LogP contribution in [-0.2, 0) is 0 Å². The minimum atomic E-state index is 0.340. The second-order valence-corrected chi connectivity index (χ2v) is 6.52. The quantitative estimate of drug-likeness (QED) is 0.795. The summed E-state index contributed by atoms with van der Waals surface area (Å²) in [6.45, 7) is 7.95. The van der Waals surface area contributed by atoms with Crippen molar-refractivity contribution in [2.24, 2.45) is 5.73 Å². The summed E-state index contributed by atoms with van der Waals surface area (Å²) >= 11 is 0. The maximum absolute atomic E-state index is 5.94. The summed E-state index contributed by atoms with van der Waals surface area (Å²) in [5.41, 5.74) is 6.28. The molecule has 2 fully saturated rings. The van der Waals surface area contributed by atoms with Gasteiger partial charge in [-0.1, -0.05) is 12.8 Å². The molecule has 2 N–H and O–H groups in total. The second kappa shape index (κ2) is 5.25. The topological polar surface area (TPSA) is 32.5 Å². The molecule has 1 saturated heterocycles. The molecule has 17 heavy (non-hydrogen) atoms. The van der Waals surface area contributed by atoms with E-state index >= 15 is 0 Å². The number of nitrogens with two attached hydrogens (primary N) is 1. The van der Waals surface area contributed by atoms with Gasteiger partial charge in [0, 0.05) is 30.7 Å². The zero-order valence-electron chi connectivity index (χ0n) is 11.8. The zero-order valence-corrected chi connectivity index (χ0v) is 11.8. The third kappa shape index (κ3) is 2.83. The molecule has 1 aliphatic heterocycles. The van der Waals surface area contributed by atoms with E-state index in [2.05, 4.69) is 30.7 Å². The number of likely N-dealkylation sites (N-methyl/N-ethyl adjacent to an activating group) is 1. The van der Waals surface area contributed by atoms with Crippen LogP contribution >= 0.6 is 0 Å². The molecule has 0 spiro atoms. The Morgan fingerprint density at radius 3 is 2.47 bits per heavy atom. The number of hydrogen-bond acceptors (Lipinski definition) is 3. The fourth-order valence-electron chi connectivity index (χ4n) is 3.50. The first-order valence-corrected chi connectivity index (χ1v) is 7.21. The van der Waals surface area contributed by atoms with Crippen molar-refractivity contribution in [3.05, 3.63) is 0 Å². The molecule has 3 heteroatoms. The highest BCUT2D eigenvalue weighted by Gasteiger charge is 2.38. The fraction of sp³-hybridized carbons (Fsp3) is 1.00. The smallest absolute Gasteiger partial charge is 0.0342 e. The summed E-state index contributed by atoms with van der Waals surface area (Å²) in [5.74, 6) is 0. The lowest BCUT2D eigenvalue weighted by Gasteiger charge is -2.42. The molecule has 0 aromatic rings. The third-order valence-corrected chi connectivity index (χ3v) is 4.92. The van der Waals surface area contributed by atoms with Gasteiger partial charge in [-0.15, -0.1) is 0 Å². The SMILES string of the molecule is CN1CCC(C)(C)N(C2CCCC2)CC1CN. The van der Waals surface area contributed by atoms with Gasteiger partial charge in [-0.3, -0.25) is 4.90 Å². The van der Waals surface area contributed by atoms with Crippen LogP contribution in [-0.4, -0.2) is 54.1 Å². The second-order valence-electron chi connectivity index (χ2n) is 6.52. The minimum absolute atomic E-state index is 0.340. The average Bonchev–Trinajstić information content (AvgIpc) is 2.77. The van der Waals surface area contributed by atoms with Gasteiger partial charge in [-0.25, -0.2) is 0 Å². The molecule has 0 amide bonds. The van der Waals surface area contributed by atoms with Crippen LogP contribution in [0.3, 0.4) is 0 Å². The van der Waals surface area contributed by atoms with Gasteiger partial charge in [0.25, 0.3) is 0 Å². The molecule has 0 aromatic carbocycles. The molecular formula is C14H29N3. The number of hydrogen-bond donors (Lipinski definition) is 1. The van der Waals surface area contributed by atoms with E-state index in [0.717, 1.165) is 19.1 Å². The van der Waals surface area contributed by atoms with Crippen molar-refractivity contribution >= 4 is 0 Å². The molecule has 2 rings (SSSR count). The monoisotopic (exact) mass is 239 g/mol. The highest BCUT2D eigenvalue weighted by atomic mass is 15.3. The summed E-state index contributed by atoms with van der Waals surface area (Å²) in [4.78, 5) is 5.22. The van der Waals surface area contributed by atoms with Crippen molar-refractivity contribution in [3.8, 4) is 0 Å². The average molecular weight is 239 g/mol. The predicted molar refractivity (Wildman–Crippen MR) is 73.1 cm³/mol. The maximum Gasteiger partial charge on any atom is 0.0342 e. The molecule has 1 heterocycles. The Morgan fingerprint density at radius 2 is 1.88 bits per heavy atom. The van der Waals surface area contributed by atoms with E-state index in [4.69, 9.17) is 5.73 Å². The summed E-state index contributed by atoms with van der Waals surface area (Å²) in [6, 6.07) is 1.35. The predicted octanol–water partition coefficient (Wildman–Crippen LogP) is 1.67. The normalized spacial score (nSPS) is 32.8. The van der Waals surface area contributed by atoms with Crippen molar-refractivity contribution in [2.45, 2.75) is 63.6 Å². The van der Waals surface area contributed by atoms with E-state index in [9.17, 15) is 0 Å². The van der Waals surface area contributed by atoms with Crippen LogP contribution in [0, 0.1) is 0 Å². The van der Waals surface area contributed by atoms with Crippen LogP contribution in [0.4, 0.5) is 0 Å². The number of nitrogens with zero attached hydrogens (tertiary/aromatic N) is 2. The van der Waals surface area contributed by atoms with Gasteiger partial charge in [-0.05, 0) is 46.7 Å². The molecule has 0 aromatic heterocycles. The van der Waals surface area contributed by atoms with Crippen LogP contribution in [0.1, 0.15) is 46.0 Å². The minimum Gasteiger partial charge on any atom is -0.329 e. The van der Waals surface area contributed by atoms with Gasteiger partial charge in [0.2, 0.25) is 0 Å². The van der Waals surface area contributed by atoms with Crippen LogP contribution in [0.25, 0.3) is 0 Å². The first kappa shape index (κ1) is 13.3. The van der Waals surface area contributed by atoms with Crippen molar-refractivity contribution < 1.29 is 0 Å². The third-order valence-electron chi connectivity index (χ3n) is 4.92. The Hall–Kier alpha value is -0.120. The standard InChI is InChI=1S/C14H29N3/c1-14(2)8-9-16(3)13(10-15)11-17(14)12-6-4-5-7-12/h12-13H,4-11,15H2,1-3H3. The lowest BCUT2D eigenvalue weighted by molar-refractivity contribution is 0.0679. The summed E-state index contributed by atoms with van der Waals surface area (Å²) in [6.07, 6.45) is 6.88. The summed E-state index contributed by atoms with van der Waals surface area (Å²) < 4.78 is 0. The summed E-state index contributed by atoms with van der Waals surface area (Å²) in [7, 11) is 2.23. The van der Waals surface area contributed by atoms with E-state index in [0.29, 0.717) is 11.6 Å². The van der Waals surface area contributed by atoms with Gasteiger partial charge in [0.05, 0.1) is 0 Å². The lowest BCUT2D eigenvalue weighted by Crippen LogP contribution is -2.52. The first-order valence-electron chi connectivity index (χ1n) is 7.21. The van der Waals surface area contributed by atoms with E-state index in [1.165, 1.54) is 38.6 Å². The largest absolute Gasteiger partial charge is 0.329 e. The molecule has 2 aliphatic rings. The molecule has 1 unspecified atom stereocenters. The Labute approximate surface area is 106 Å². The molecule has 1 aliphatic carbocycles. The Morgan fingerprint density at radius 1 is 1.24 bits per heavy atom. The van der Waals surface area contributed by atoms with E-state index in [-0.39, 0.29) is 0 Å². The molecular weight excluding hydrogens is 210 g/mol. The zero-order chi connectivity index (χ0) is 12.5. The fourth-order valence-corrected chi connectivity index (χ4v) is 3.50. The Kier molecular flexibility index (Phi) is 4.11. The van der Waals surface area contributed by atoms with E-state index in [1.54, 1.807) is 0 Å². The maximum atomic E-state index is 5.94. The van der Waals surface area contributed by atoms with Gasteiger partial charge in [0.15, 0.2) is 0 Å². The molecule has 100 valence electrons.